The minimum atomic E-state index is -0.679. The molecule has 0 fully saturated rings. The Hall–Kier alpha value is -0.530. The molecule has 0 saturated carbocycles. The molecule has 0 radical (unpaired) electrons. The van der Waals surface area contributed by atoms with Gasteiger partial charge in [-0.05, 0) is 41.4 Å². The smallest absolute Gasteiger partial charge is 0.306 e. The summed E-state index contributed by atoms with van der Waals surface area (Å²) in [5, 5.41) is 9.13. The van der Waals surface area contributed by atoms with E-state index in [-0.39, 0.29) is 16.7 Å². The van der Waals surface area contributed by atoms with Crippen molar-refractivity contribution in [3.8, 4) is 0 Å². The van der Waals surface area contributed by atoms with E-state index in [1.165, 1.54) is 6.42 Å². The van der Waals surface area contributed by atoms with Crippen molar-refractivity contribution in [1.29, 1.82) is 0 Å². The predicted molar refractivity (Wildman–Crippen MR) is 86.8 cm³/mol. The Kier molecular flexibility index (Phi) is 6.32. The summed E-state index contributed by atoms with van der Waals surface area (Å²) in [6.07, 6.45) is 3.02. The molecule has 0 aliphatic rings. The van der Waals surface area contributed by atoms with Crippen LogP contribution in [0.4, 0.5) is 0 Å². The Bertz CT molecular complexity index is 315. The molecule has 0 aliphatic carbocycles. The molecule has 2 atom stereocenters. The van der Waals surface area contributed by atoms with E-state index in [9.17, 15) is 4.79 Å². The molecule has 1 N–H and O–H groups in total. The first-order valence-corrected chi connectivity index (χ1v) is 7.87. The third-order valence-corrected chi connectivity index (χ3v) is 4.16. The summed E-state index contributed by atoms with van der Waals surface area (Å²) >= 11 is 0. The van der Waals surface area contributed by atoms with Crippen LogP contribution in [0.25, 0.3) is 0 Å². The molecule has 2 nitrogen and oxygen atoms in total. The quantitative estimate of drug-likeness (QED) is 0.688. The molecule has 0 aromatic carbocycles. The van der Waals surface area contributed by atoms with Crippen LogP contribution in [-0.4, -0.2) is 11.1 Å². The first-order chi connectivity index (χ1) is 8.64. The van der Waals surface area contributed by atoms with Crippen LogP contribution in [-0.2, 0) is 4.79 Å². The first kappa shape index (κ1) is 19.5. The van der Waals surface area contributed by atoms with Gasteiger partial charge < -0.3 is 5.11 Å². The van der Waals surface area contributed by atoms with Gasteiger partial charge in [-0.15, -0.1) is 0 Å². The molecule has 2 heteroatoms. The number of hydrogen-bond donors (Lipinski definition) is 1. The van der Waals surface area contributed by atoms with Gasteiger partial charge in [0.2, 0.25) is 0 Å². The predicted octanol–water partition coefficient (Wildman–Crippen LogP) is 5.61. The Morgan fingerprint density at radius 1 is 0.900 bits per heavy atom. The van der Waals surface area contributed by atoms with Crippen LogP contribution in [0, 0.1) is 28.1 Å². The Morgan fingerprint density at radius 2 is 1.35 bits per heavy atom. The van der Waals surface area contributed by atoms with E-state index < -0.39 is 5.97 Å². The van der Waals surface area contributed by atoms with E-state index in [1.54, 1.807) is 0 Å². The summed E-state index contributed by atoms with van der Waals surface area (Å²) in [6, 6.07) is 0. The molecule has 0 bridgehead atoms. The van der Waals surface area contributed by atoms with Crippen LogP contribution in [0.1, 0.15) is 81.6 Å². The highest BCUT2D eigenvalue weighted by Gasteiger charge is 2.35. The summed E-state index contributed by atoms with van der Waals surface area (Å²) in [4.78, 5) is 11.1. The monoisotopic (exact) mass is 284 g/mol. The van der Waals surface area contributed by atoms with Crippen molar-refractivity contribution in [2.75, 3.05) is 0 Å². The second-order valence-electron chi connectivity index (χ2n) is 9.64. The van der Waals surface area contributed by atoms with Crippen LogP contribution in [0.3, 0.4) is 0 Å². The zero-order chi connectivity index (χ0) is 16.4. The van der Waals surface area contributed by atoms with Crippen LogP contribution in [0.15, 0.2) is 0 Å². The van der Waals surface area contributed by atoms with Gasteiger partial charge in [0.25, 0.3) is 0 Å². The Labute approximate surface area is 126 Å². The van der Waals surface area contributed by atoms with Gasteiger partial charge in [-0.1, -0.05) is 62.3 Å². The molecule has 0 rings (SSSR count). The lowest BCUT2D eigenvalue weighted by atomic mass is 9.64. The summed E-state index contributed by atoms with van der Waals surface area (Å²) in [5.74, 6) is -0.333. The number of rotatable bonds is 6. The molecule has 120 valence electrons. The van der Waals surface area contributed by atoms with Crippen LogP contribution in [0.2, 0.25) is 0 Å². The summed E-state index contributed by atoms with van der Waals surface area (Å²) < 4.78 is 0. The van der Waals surface area contributed by atoms with Crippen molar-refractivity contribution in [3.05, 3.63) is 0 Å². The first-order valence-electron chi connectivity index (χ1n) is 7.87. The fraction of sp³-hybridized carbons (Fsp3) is 0.944. The van der Waals surface area contributed by atoms with Gasteiger partial charge in [-0.25, -0.2) is 0 Å². The molecule has 0 saturated heterocycles. The molecule has 20 heavy (non-hydrogen) atoms. The molecule has 0 heterocycles. The Morgan fingerprint density at radius 3 is 1.65 bits per heavy atom. The zero-order valence-corrected chi connectivity index (χ0v) is 15.1. The molecule has 0 aromatic rings. The second-order valence-corrected chi connectivity index (χ2v) is 9.64. The maximum Gasteiger partial charge on any atom is 0.306 e. The van der Waals surface area contributed by atoms with Gasteiger partial charge >= 0.3 is 5.97 Å². The minimum Gasteiger partial charge on any atom is -0.481 e. The third kappa shape index (κ3) is 7.91. The lowest BCUT2D eigenvalue weighted by Crippen LogP contribution is -2.31. The highest BCUT2D eigenvalue weighted by atomic mass is 16.4. The highest BCUT2D eigenvalue weighted by Crippen LogP contribution is 2.44. The van der Waals surface area contributed by atoms with Gasteiger partial charge in [-0.3, -0.25) is 4.79 Å². The maximum atomic E-state index is 11.1. The van der Waals surface area contributed by atoms with Crippen molar-refractivity contribution in [2.24, 2.45) is 28.1 Å². The molecule has 0 aliphatic heterocycles. The third-order valence-electron chi connectivity index (χ3n) is 4.16. The standard InChI is InChI=1S/C18H36O2/c1-13(15(19)20)10-18(8,9)12-14(17(5,6)7)11-16(2,3)4/h13-14H,10-12H2,1-9H3,(H,19,20). The largest absolute Gasteiger partial charge is 0.481 e. The average molecular weight is 284 g/mol. The van der Waals surface area contributed by atoms with Crippen molar-refractivity contribution in [1.82, 2.24) is 0 Å². The van der Waals surface area contributed by atoms with E-state index in [0.29, 0.717) is 11.3 Å². The Balaban J connectivity index is 4.92. The van der Waals surface area contributed by atoms with Crippen molar-refractivity contribution in [2.45, 2.75) is 81.6 Å². The van der Waals surface area contributed by atoms with Crippen LogP contribution in [0.5, 0.6) is 0 Å². The SMILES string of the molecule is CC(CC(C)(C)CC(CC(C)(C)C)C(C)(C)C)C(=O)O. The molecule has 0 aromatic heterocycles. The highest BCUT2D eigenvalue weighted by molar-refractivity contribution is 5.69. The van der Waals surface area contributed by atoms with E-state index in [4.69, 9.17) is 5.11 Å². The summed E-state index contributed by atoms with van der Waals surface area (Å²) in [6.45, 7) is 20.0. The second kappa shape index (κ2) is 6.49. The molecular formula is C18H36O2. The summed E-state index contributed by atoms with van der Waals surface area (Å²) in [7, 11) is 0. The van der Waals surface area contributed by atoms with Gasteiger partial charge in [0, 0.05) is 0 Å². The van der Waals surface area contributed by atoms with Gasteiger partial charge in [0.1, 0.15) is 0 Å². The number of carboxylic acid groups (broad SMARTS) is 1. The molecule has 2 unspecified atom stereocenters. The molecular weight excluding hydrogens is 248 g/mol. The maximum absolute atomic E-state index is 11.1. The fourth-order valence-electron chi connectivity index (χ4n) is 3.09. The lowest BCUT2D eigenvalue weighted by Gasteiger charge is -2.41. The van der Waals surface area contributed by atoms with Crippen LogP contribution >= 0.6 is 0 Å². The van der Waals surface area contributed by atoms with Crippen molar-refractivity contribution >= 4 is 5.97 Å². The number of carbonyl (C=O) groups is 1. The number of carboxylic acids is 1. The molecule has 0 spiro atoms. The lowest BCUT2D eigenvalue weighted by molar-refractivity contribution is -0.142. The minimum absolute atomic E-state index is 0.0704. The summed E-state index contributed by atoms with van der Waals surface area (Å²) in [5.41, 5.74) is 0.643. The van der Waals surface area contributed by atoms with Gasteiger partial charge in [0.05, 0.1) is 5.92 Å². The van der Waals surface area contributed by atoms with Crippen molar-refractivity contribution < 1.29 is 9.90 Å². The van der Waals surface area contributed by atoms with E-state index in [2.05, 4.69) is 55.4 Å². The van der Waals surface area contributed by atoms with Gasteiger partial charge in [0.15, 0.2) is 0 Å². The number of aliphatic carboxylic acids is 1. The van der Waals surface area contributed by atoms with E-state index in [1.807, 2.05) is 6.92 Å². The van der Waals surface area contributed by atoms with E-state index in [0.717, 1.165) is 12.8 Å². The van der Waals surface area contributed by atoms with Gasteiger partial charge in [-0.2, -0.15) is 0 Å². The zero-order valence-electron chi connectivity index (χ0n) is 15.1. The number of hydrogen-bond acceptors (Lipinski definition) is 1. The topological polar surface area (TPSA) is 37.3 Å². The average Bonchev–Trinajstić information content (AvgIpc) is 2.11. The van der Waals surface area contributed by atoms with Crippen LogP contribution < -0.4 is 0 Å². The normalized spacial score (nSPS) is 16.9. The molecule has 0 amide bonds. The van der Waals surface area contributed by atoms with E-state index >= 15 is 0 Å². The fourth-order valence-corrected chi connectivity index (χ4v) is 3.09. The van der Waals surface area contributed by atoms with Crippen molar-refractivity contribution in [3.63, 3.8) is 0 Å².